The van der Waals surface area contributed by atoms with Gasteiger partial charge in [-0.15, -0.1) is 0 Å². The summed E-state index contributed by atoms with van der Waals surface area (Å²) in [5, 5.41) is 9.15. The first-order valence-electron chi connectivity index (χ1n) is 6.54. The van der Waals surface area contributed by atoms with Crippen LogP contribution >= 0.6 is 0 Å². The van der Waals surface area contributed by atoms with E-state index in [-0.39, 0.29) is 17.3 Å². The molecule has 1 atom stereocenters. The Morgan fingerprint density at radius 3 is 2.50 bits per heavy atom. The highest BCUT2D eigenvalue weighted by molar-refractivity contribution is 5.90. The maximum Gasteiger partial charge on any atom is 0.416 e. The van der Waals surface area contributed by atoms with E-state index in [0.717, 1.165) is 37.8 Å². The minimum absolute atomic E-state index is 0.138. The molecular weight excluding hydrogens is 267 g/mol. The number of rotatable bonds is 3. The number of ketones is 1. The van der Waals surface area contributed by atoms with Gasteiger partial charge in [0.05, 0.1) is 11.6 Å². The molecule has 0 saturated heterocycles. The Kier molecular flexibility index (Phi) is 4.12. The third kappa shape index (κ3) is 3.01. The molecule has 2 rings (SSSR count). The Balaban J connectivity index is 2.28. The van der Waals surface area contributed by atoms with Crippen LogP contribution in [0.5, 0.6) is 0 Å². The van der Waals surface area contributed by atoms with Crippen LogP contribution in [0.4, 0.5) is 13.2 Å². The molecule has 106 valence electrons. The second-order valence-corrected chi connectivity index (χ2v) is 5.07. The number of halogens is 3. The van der Waals surface area contributed by atoms with Crippen LogP contribution in [0.25, 0.3) is 0 Å². The number of nitrogens with zero attached hydrogens (tertiary/aromatic N) is 1. The molecule has 0 radical (unpaired) electrons. The molecule has 1 aliphatic carbocycles. The molecular formula is C15H14F3NO. The lowest BCUT2D eigenvalue weighted by Gasteiger charge is -2.15. The van der Waals surface area contributed by atoms with Gasteiger partial charge in [0.25, 0.3) is 0 Å². The molecule has 0 heterocycles. The van der Waals surface area contributed by atoms with E-state index in [1.54, 1.807) is 0 Å². The van der Waals surface area contributed by atoms with Crippen molar-refractivity contribution in [1.82, 2.24) is 0 Å². The number of carbonyl (C=O) groups excluding carboxylic acids is 1. The Morgan fingerprint density at radius 2 is 1.95 bits per heavy atom. The van der Waals surface area contributed by atoms with Gasteiger partial charge in [-0.05, 0) is 24.5 Å². The summed E-state index contributed by atoms with van der Waals surface area (Å²) in [6.45, 7) is 0. The standard InChI is InChI=1S/C15H14F3NO/c16-15(17,18)12-7-3-6-11(8-12)13(9-19)14(20)10-4-1-2-5-10/h3,6-8,10,13H,1-2,4-5H2. The minimum Gasteiger partial charge on any atom is -0.298 e. The fourth-order valence-corrected chi connectivity index (χ4v) is 2.64. The molecule has 1 aromatic carbocycles. The van der Waals surface area contributed by atoms with Crippen LogP contribution in [-0.4, -0.2) is 5.78 Å². The van der Waals surface area contributed by atoms with Gasteiger partial charge in [-0.3, -0.25) is 4.79 Å². The van der Waals surface area contributed by atoms with Crippen molar-refractivity contribution in [3.05, 3.63) is 35.4 Å². The summed E-state index contributed by atoms with van der Waals surface area (Å²) in [7, 11) is 0. The summed E-state index contributed by atoms with van der Waals surface area (Å²) in [6.07, 6.45) is -1.12. The van der Waals surface area contributed by atoms with Crippen molar-refractivity contribution in [2.75, 3.05) is 0 Å². The van der Waals surface area contributed by atoms with Gasteiger partial charge in [0.1, 0.15) is 5.92 Å². The lowest BCUT2D eigenvalue weighted by atomic mass is 9.87. The van der Waals surface area contributed by atoms with Crippen LogP contribution in [0, 0.1) is 17.2 Å². The minimum atomic E-state index is -4.47. The third-order valence-corrected chi connectivity index (χ3v) is 3.72. The first-order valence-corrected chi connectivity index (χ1v) is 6.54. The average Bonchev–Trinajstić information content (AvgIpc) is 2.93. The van der Waals surface area contributed by atoms with Crippen molar-refractivity contribution < 1.29 is 18.0 Å². The number of nitriles is 1. The Bertz CT molecular complexity index is 539. The predicted octanol–water partition coefficient (Wildman–Crippen LogP) is 4.07. The number of hydrogen-bond acceptors (Lipinski definition) is 2. The summed E-state index contributed by atoms with van der Waals surface area (Å²) in [5.41, 5.74) is -0.686. The fourth-order valence-electron chi connectivity index (χ4n) is 2.64. The van der Waals surface area contributed by atoms with Crippen molar-refractivity contribution >= 4 is 5.78 Å². The van der Waals surface area contributed by atoms with Crippen LogP contribution in [-0.2, 0) is 11.0 Å². The Morgan fingerprint density at radius 1 is 1.30 bits per heavy atom. The van der Waals surface area contributed by atoms with Gasteiger partial charge in [0.2, 0.25) is 0 Å². The van der Waals surface area contributed by atoms with Gasteiger partial charge in [0, 0.05) is 5.92 Å². The number of carbonyl (C=O) groups is 1. The van der Waals surface area contributed by atoms with Gasteiger partial charge in [-0.1, -0.05) is 31.0 Å². The molecule has 1 unspecified atom stereocenters. The quantitative estimate of drug-likeness (QED) is 0.837. The molecule has 0 bridgehead atoms. The SMILES string of the molecule is N#CC(C(=O)C1CCCC1)c1cccc(C(F)(F)F)c1. The van der Waals surface area contributed by atoms with E-state index in [1.807, 2.05) is 6.07 Å². The molecule has 1 aromatic rings. The molecule has 2 nitrogen and oxygen atoms in total. The lowest BCUT2D eigenvalue weighted by Crippen LogP contribution is -2.19. The predicted molar refractivity (Wildman–Crippen MR) is 66.8 cm³/mol. The highest BCUT2D eigenvalue weighted by atomic mass is 19.4. The van der Waals surface area contributed by atoms with E-state index in [0.29, 0.717) is 0 Å². The monoisotopic (exact) mass is 281 g/mol. The highest BCUT2D eigenvalue weighted by Gasteiger charge is 2.34. The number of alkyl halides is 3. The molecule has 0 aliphatic heterocycles. The summed E-state index contributed by atoms with van der Waals surface area (Å²) in [6, 6.07) is 6.36. The normalized spacial score (nSPS) is 17.7. The average molecular weight is 281 g/mol. The van der Waals surface area contributed by atoms with E-state index < -0.39 is 17.7 Å². The Hall–Kier alpha value is -1.83. The van der Waals surface area contributed by atoms with E-state index in [2.05, 4.69) is 0 Å². The summed E-state index contributed by atoms with van der Waals surface area (Å²) >= 11 is 0. The van der Waals surface area contributed by atoms with E-state index >= 15 is 0 Å². The first kappa shape index (κ1) is 14.6. The molecule has 0 N–H and O–H groups in total. The van der Waals surface area contributed by atoms with Crippen molar-refractivity contribution in [1.29, 1.82) is 5.26 Å². The zero-order valence-corrected chi connectivity index (χ0v) is 10.8. The largest absolute Gasteiger partial charge is 0.416 e. The van der Waals surface area contributed by atoms with E-state index in [1.165, 1.54) is 12.1 Å². The van der Waals surface area contributed by atoms with Crippen LogP contribution < -0.4 is 0 Å². The summed E-state index contributed by atoms with van der Waals surface area (Å²) in [4.78, 5) is 12.2. The van der Waals surface area contributed by atoms with Crippen molar-refractivity contribution in [3.8, 4) is 6.07 Å². The number of Topliss-reactive ketones (excluding diaryl/α,β-unsaturated/α-hetero) is 1. The molecule has 1 saturated carbocycles. The smallest absolute Gasteiger partial charge is 0.298 e. The first-order chi connectivity index (χ1) is 9.43. The lowest BCUT2D eigenvalue weighted by molar-refractivity contribution is -0.137. The molecule has 0 amide bonds. The maximum absolute atomic E-state index is 12.7. The van der Waals surface area contributed by atoms with E-state index in [4.69, 9.17) is 5.26 Å². The number of hydrogen-bond donors (Lipinski definition) is 0. The van der Waals surface area contributed by atoms with Crippen LogP contribution in [0.1, 0.15) is 42.7 Å². The maximum atomic E-state index is 12.7. The van der Waals surface area contributed by atoms with E-state index in [9.17, 15) is 18.0 Å². The van der Waals surface area contributed by atoms with Gasteiger partial charge >= 0.3 is 6.18 Å². The zero-order valence-electron chi connectivity index (χ0n) is 10.8. The molecule has 5 heteroatoms. The van der Waals surface area contributed by atoms with Gasteiger partial charge < -0.3 is 0 Å². The van der Waals surface area contributed by atoms with Gasteiger partial charge in [-0.2, -0.15) is 18.4 Å². The third-order valence-electron chi connectivity index (χ3n) is 3.72. The Labute approximate surface area is 115 Å². The van der Waals surface area contributed by atoms with Crippen molar-refractivity contribution in [2.24, 2.45) is 5.92 Å². The molecule has 0 aromatic heterocycles. The van der Waals surface area contributed by atoms with Crippen LogP contribution in [0.3, 0.4) is 0 Å². The van der Waals surface area contributed by atoms with Crippen LogP contribution in [0.2, 0.25) is 0 Å². The fraction of sp³-hybridized carbons (Fsp3) is 0.467. The molecule has 1 fully saturated rings. The van der Waals surface area contributed by atoms with Crippen molar-refractivity contribution in [2.45, 2.75) is 37.8 Å². The van der Waals surface area contributed by atoms with Crippen molar-refractivity contribution in [3.63, 3.8) is 0 Å². The van der Waals surface area contributed by atoms with Gasteiger partial charge in [0.15, 0.2) is 5.78 Å². The second-order valence-electron chi connectivity index (χ2n) is 5.07. The number of benzene rings is 1. The topological polar surface area (TPSA) is 40.9 Å². The van der Waals surface area contributed by atoms with Crippen LogP contribution in [0.15, 0.2) is 24.3 Å². The zero-order chi connectivity index (χ0) is 14.8. The molecule has 0 spiro atoms. The second kappa shape index (κ2) is 5.66. The van der Waals surface area contributed by atoms with Gasteiger partial charge in [-0.25, -0.2) is 0 Å². The summed E-state index contributed by atoms with van der Waals surface area (Å²) in [5.74, 6) is -1.53. The highest BCUT2D eigenvalue weighted by Crippen LogP contribution is 2.34. The molecule has 1 aliphatic rings. The molecule has 20 heavy (non-hydrogen) atoms. The summed E-state index contributed by atoms with van der Waals surface area (Å²) < 4.78 is 38.0.